The molecule has 0 aliphatic carbocycles. The Bertz CT molecular complexity index is 272. The van der Waals surface area contributed by atoms with Crippen LogP contribution in [0.2, 0.25) is 0 Å². The van der Waals surface area contributed by atoms with Crippen LogP contribution >= 0.6 is 0 Å². The number of carbonyl (C=O) groups excluding carboxylic acids is 1. The van der Waals surface area contributed by atoms with Crippen LogP contribution in [0.25, 0.3) is 0 Å². The number of nitrogens with one attached hydrogen (secondary N) is 1. The maximum atomic E-state index is 11.4. The van der Waals surface area contributed by atoms with E-state index in [4.69, 9.17) is 5.73 Å². The average Bonchev–Trinajstić information content (AvgIpc) is 2.20. The van der Waals surface area contributed by atoms with Crippen molar-refractivity contribution in [3.8, 4) is 0 Å². The molecule has 0 spiro atoms. The number of benzene rings is 1. The molecule has 70 valence electrons. The molecular weight excluding hydrogens is 164 g/mol. The van der Waals surface area contributed by atoms with Gasteiger partial charge in [-0.3, -0.25) is 4.79 Å². The third-order valence-corrected chi connectivity index (χ3v) is 2.00. The molecule has 0 aliphatic heterocycles. The fraction of sp³-hybridized carbons (Fsp3) is 0.300. The summed E-state index contributed by atoms with van der Waals surface area (Å²) in [6.45, 7) is 0.337. The topological polar surface area (TPSA) is 55.1 Å². The van der Waals surface area contributed by atoms with Crippen molar-refractivity contribution in [2.45, 2.75) is 5.92 Å². The Hall–Kier alpha value is -1.35. The van der Waals surface area contributed by atoms with Gasteiger partial charge in [-0.15, -0.1) is 0 Å². The van der Waals surface area contributed by atoms with Crippen LogP contribution in [0.4, 0.5) is 0 Å². The molecule has 3 heteroatoms. The summed E-state index contributed by atoms with van der Waals surface area (Å²) in [7, 11) is 1.62. The van der Waals surface area contributed by atoms with Crippen LogP contribution in [-0.4, -0.2) is 19.5 Å². The van der Waals surface area contributed by atoms with Crippen molar-refractivity contribution in [1.82, 2.24) is 5.32 Å². The lowest BCUT2D eigenvalue weighted by molar-refractivity contribution is -0.121. The van der Waals surface area contributed by atoms with E-state index < -0.39 is 0 Å². The molecule has 0 bridgehead atoms. The first-order valence-electron chi connectivity index (χ1n) is 4.26. The second kappa shape index (κ2) is 4.62. The summed E-state index contributed by atoms with van der Waals surface area (Å²) in [4.78, 5) is 11.4. The molecule has 3 nitrogen and oxygen atoms in total. The molecule has 1 rings (SSSR count). The molecule has 0 saturated heterocycles. The van der Waals surface area contributed by atoms with Gasteiger partial charge in [0.2, 0.25) is 5.91 Å². The lowest BCUT2D eigenvalue weighted by Crippen LogP contribution is -2.30. The number of nitrogens with two attached hydrogens (primary N) is 1. The van der Waals surface area contributed by atoms with Gasteiger partial charge in [0.25, 0.3) is 0 Å². The molecule has 0 fully saturated rings. The Kier molecular flexibility index (Phi) is 3.46. The summed E-state index contributed by atoms with van der Waals surface area (Å²) in [6.07, 6.45) is 0. The zero-order valence-corrected chi connectivity index (χ0v) is 7.66. The first kappa shape index (κ1) is 9.74. The first-order chi connectivity index (χ1) is 6.29. The van der Waals surface area contributed by atoms with Crippen molar-refractivity contribution in [3.63, 3.8) is 0 Å². The van der Waals surface area contributed by atoms with E-state index in [-0.39, 0.29) is 11.8 Å². The Morgan fingerprint density at radius 1 is 1.46 bits per heavy atom. The molecule has 0 heterocycles. The van der Waals surface area contributed by atoms with E-state index in [1.807, 2.05) is 30.3 Å². The van der Waals surface area contributed by atoms with E-state index >= 15 is 0 Å². The van der Waals surface area contributed by atoms with E-state index in [9.17, 15) is 4.79 Å². The van der Waals surface area contributed by atoms with Crippen LogP contribution in [0.15, 0.2) is 30.3 Å². The molecular formula is C10H14N2O. The molecule has 1 aromatic rings. The van der Waals surface area contributed by atoms with Crippen LogP contribution in [0.3, 0.4) is 0 Å². The van der Waals surface area contributed by atoms with Crippen LogP contribution in [0.1, 0.15) is 11.5 Å². The van der Waals surface area contributed by atoms with Crippen molar-refractivity contribution in [2.75, 3.05) is 13.6 Å². The van der Waals surface area contributed by atoms with E-state index in [0.717, 1.165) is 5.56 Å². The maximum Gasteiger partial charge on any atom is 0.228 e. The number of hydrogen-bond acceptors (Lipinski definition) is 2. The third kappa shape index (κ3) is 2.29. The van der Waals surface area contributed by atoms with Crippen LogP contribution in [0.5, 0.6) is 0 Å². The molecule has 1 unspecified atom stereocenters. The first-order valence-corrected chi connectivity index (χ1v) is 4.26. The fourth-order valence-corrected chi connectivity index (χ4v) is 1.25. The smallest absolute Gasteiger partial charge is 0.228 e. The van der Waals surface area contributed by atoms with Gasteiger partial charge in [0.1, 0.15) is 0 Å². The quantitative estimate of drug-likeness (QED) is 0.707. The van der Waals surface area contributed by atoms with Gasteiger partial charge in [-0.1, -0.05) is 30.3 Å². The largest absolute Gasteiger partial charge is 0.359 e. The summed E-state index contributed by atoms with van der Waals surface area (Å²) < 4.78 is 0. The van der Waals surface area contributed by atoms with E-state index in [2.05, 4.69) is 5.32 Å². The highest BCUT2D eigenvalue weighted by atomic mass is 16.1. The molecule has 0 radical (unpaired) electrons. The normalized spacial score (nSPS) is 12.2. The number of hydrogen-bond donors (Lipinski definition) is 2. The zero-order chi connectivity index (χ0) is 9.68. The van der Waals surface area contributed by atoms with E-state index in [0.29, 0.717) is 6.54 Å². The molecule has 1 amide bonds. The van der Waals surface area contributed by atoms with Gasteiger partial charge >= 0.3 is 0 Å². The van der Waals surface area contributed by atoms with Crippen molar-refractivity contribution >= 4 is 5.91 Å². The minimum Gasteiger partial charge on any atom is -0.359 e. The molecule has 13 heavy (non-hydrogen) atoms. The van der Waals surface area contributed by atoms with Gasteiger partial charge in [0.15, 0.2) is 0 Å². The minimum atomic E-state index is -0.230. The number of amides is 1. The monoisotopic (exact) mass is 178 g/mol. The second-order valence-electron chi connectivity index (χ2n) is 2.81. The third-order valence-electron chi connectivity index (χ3n) is 2.00. The SMILES string of the molecule is CNC(=O)C(CN)c1ccccc1. The highest BCUT2D eigenvalue weighted by Gasteiger charge is 2.16. The Morgan fingerprint density at radius 3 is 2.54 bits per heavy atom. The maximum absolute atomic E-state index is 11.4. The molecule has 3 N–H and O–H groups in total. The van der Waals surface area contributed by atoms with Crippen molar-refractivity contribution in [1.29, 1.82) is 0 Å². The standard InChI is InChI=1S/C10H14N2O/c1-12-10(13)9(7-11)8-5-3-2-4-6-8/h2-6,9H,7,11H2,1H3,(H,12,13). The van der Waals surface area contributed by atoms with Crippen LogP contribution in [0, 0.1) is 0 Å². The van der Waals surface area contributed by atoms with Crippen molar-refractivity contribution in [2.24, 2.45) is 5.73 Å². The highest BCUT2D eigenvalue weighted by molar-refractivity contribution is 5.83. The summed E-state index contributed by atoms with van der Waals surface area (Å²) >= 11 is 0. The highest BCUT2D eigenvalue weighted by Crippen LogP contribution is 2.13. The summed E-state index contributed by atoms with van der Waals surface area (Å²) in [5.41, 5.74) is 6.48. The Morgan fingerprint density at radius 2 is 2.08 bits per heavy atom. The van der Waals surface area contributed by atoms with E-state index in [1.165, 1.54) is 0 Å². The number of carbonyl (C=O) groups is 1. The van der Waals surface area contributed by atoms with Gasteiger partial charge < -0.3 is 11.1 Å². The zero-order valence-electron chi connectivity index (χ0n) is 7.66. The van der Waals surface area contributed by atoms with Crippen LogP contribution < -0.4 is 11.1 Å². The predicted molar refractivity (Wildman–Crippen MR) is 52.3 cm³/mol. The minimum absolute atomic E-state index is 0.0336. The Balaban J connectivity index is 2.85. The molecule has 1 aromatic carbocycles. The lowest BCUT2D eigenvalue weighted by Gasteiger charge is -2.12. The molecule has 0 aromatic heterocycles. The second-order valence-corrected chi connectivity index (χ2v) is 2.81. The van der Waals surface area contributed by atoms with Gasteiger partial charge in [0.05, 0.1) is 5.92 Å². The lowest BCUT2D eigenvalue weighted by atomic mass is 9.99. The summed E-state index contributed by atoms with van der Waals surface area (Å²) in [5, 5.41) is 2.60. The van der Waals surface area contributed by atoms with E-state index in [1.54, 1.807) is 7.05 Å². The Labute approximate surface area is 77.9 Å². The van der Waals surface area contributed by atoms with Gasteiger partial charge in [-0.25, -0.2) is 0 Å². The molecule has 1 atom stereocenters. The van der Waals surface area contributed by atoms with Crippen molar-refractivity contribution < 1.29 is 4.79 Å². The predicted octanol–water partition coefficient (Wildman–Crippen LogP) is 0.475. The number of rotatable bonds is 3. The summed E-state index contributed by atoms with van der Waals surface area (Å²) in [5.74, 6) is -0.264. The van der Waals surface area contributed by atoms with Crippen LogP contribution in [-0.2, 0) is 4.79 Å². The van der Waals surface area contributed by atoms with Crippen molar-refractivity contribution in [3.05, 3.63) is 35.9 Å². The van der Waals surface area contributed by atoms with Gasteiger partial charge in [-0.2, -0.15) is 0 Å². The molecule has 0 saturated carbocycles. The summed E-state index contributed by atoms with van der Waals surface area (Å²) in [6, 6.07) is 9.54. The number of likely N-dealkylation sites (N-methyl/N-ethyl adjacent to an activating group) is 1. The average molecular weight is 178 g/mol. The van der Waals surface area contributed by atoms with Gasteiger partial charge in [-0.05, 0) is 5.56 Å². The fourth-order valence-electron chi connectivity index (χ4n) is 1.25. The van der Waals surface area contributed by atoms with Gasteiger partial charge in [0, 0.05) is 13.6 Å². The molecule has 0 aliphatic rings.